The number of aryl methyl sites for hydroxylation is 3. The van der Waals surface area contributed by atoms with Gasteiger partial charge >= 0.3 is 0 Å². The fourth-order valence-electron chi connectivity index (χ4n) is 3.27. The summed E-state index contributed by atoms with van der Waals surface area (Å²) >= 11 is 1.61. The quantitative estimate of drug-likeness (QED) is 0.446. The zero-order chi connectivity index (χ0) is 21.3. The number of unbranched alkanes of at least 4 members (excludes halogenated alkanes) is 2. The Morgan fingerprint density at radius 2 is 1.97 bits per heavy atom. The Kier molecular flexibility index (Phi) is 8.13. The maximum absolute atomic E-state index is 12.3. The fraction of sp³-hybridized carbons (Fsp3) is 0.435. The van der Waals surface area contributed by atoms with E-state index in [0.29, 0.717) is 5.75 Å². The van der Waals surface area contributed by atoms with Gasteiger partial charge < -0.3 is 9.42 Å². The van der Waals surface area contributed by atoms with Crippen LogP contribution in [0.3, 0.4) is 0 Å². The van der Waals surface area contributed by atoms with Crippen molar-refractivity contribution >= 4 is 17.7 Å². The number of carbonyl (C=O) groups excluding carboxylic acids is 1. The van der Waals surface area contributed by atoms with Crippen molar-refractivity contribution in [2.75, 3.05) is 19.3 Å². The lowest BCUT2D eigenvalue weighted by atomic mass is 10.1. The Balaban J connectivity index is 1.29. The fourth-order valence-corrected chi connectivity index (χ4v) is 4.38. The molecule has 0 saturated carbocycles. The molecule has 1 amide bonds. The monoisotopic (exact) mass is 426 g/mol. The first-order valence-corrected chi connectivity index (χ1v) is 11.5. The molecule has 3 rings (SSSR count). The number of hydrogen-bond acceptors (Lipinski definition) is 5. The topological polar surface area (TPSA) is 75.0 Å². The van der Waals surface area contributed by atoms with Gasteiger partial charge in [-0.1, -0.05) is 41.9 Å². The van der Waals surface area contributed by atoms with Crippen molar-refractivity contribution in [3.8, 4) is 11.3 Å². The van der Waals surface area contributed by atoms with Crippen LogP contribution < -0.4 is 0 Å². The van der Waals surface area contributed by atoms with Crippen LogP contribution in [0.2, 0.25) is 0 Å². The van der Waals surface area contributed by atoms with Crippen molar-refractivity contribution < 1.29 is 9.32 Å². The standard InChI is InChI=1S/C23H30N4O2S/c1-17-21(18(2)29-26-17)15-30-16-23(28)27(3)13-9-5-8-12-20-14-22(25-24-20)19-10-6-4-7-11-19/h4,6-7,10-11,14H,5,8-9,12-13,15-16H2,1-3H3,(H,24,25). The molecule has 1 N–H and O–H groups in total. The molecule has 0 radical (unpaired) electrons. The van der Waals surface area contributed by atoms with Crippen LogP contribution in [0.15, 0.2) is 40.9 Å². The Bertz CT molecular complexity index is 916. The van der Waals surface area contributed by atoms with Gasteiger partial charge in [0.2, 0.25) is 5.91 Å². The molecular weight excluding hydrogens is 396 g/mol. The number of nitrogens with one attached hydrogen (secondary N) is 1. The van der Waals surface area contributed by atoms with Crippen molar-refractivity contribution in [1.29, 1.82) is 0 Å². The molecule has 0 saturated heterocycles. The van der Waals surface area contributed by atoms with Gasteiger partial charge in [-0.15, -0.1) is 11.8 Å². The van der Waals surface area contributed by atoms with E-state index in [1.54, 1.807) is 11.8 Å². The van der Waals surface area contributed by atoms with Gasteiger partial charge in [-0.2, -0.15) is 5.10 Å². The van der Waals surface area contributed by atoms with Crippen molar-refractivity contribution in [3.05, 3.63) is 59.1 Å². The molecule has 0 aliphatic rings. The van der Waals surface area contributed by atoms with Gasteiger partial charge in [-0.25, -0.2) is 0 Å². The van der Waals surface area contributed by atoms with E-state index in [1.165, 1.54) is 0 Å². The summed E-state index contributed by atoms with van der Waals surface area (Å²) in [4.78, 5) is 14.2. The second-order valence-electron chi connectivity index (χ2n) is 7.57. The molecule has 7 heteroatoms. The second kappa shape index (κ2) is 11.0. The molecule has 0 aliphatic carbocycles. The van der Waals surface area contributed by atoms with Gasteiger partial charge in [0.1, 0.15) is 5.76 Å². The predicted molar refractivity (Wildman–Crippen MR) is 121 cm³/mol. The number of rotatable bonds is 11. The average molecular weight is 427 g/mol. The second-order valence-corrected chi connectivity index (χ2v) is 8.55. The minimum Gasteiger partial charge on any atom is -0.361 e. The number of amides is 1. The molecule has 0 unspecified atom stereocenters. The number of aromatic amines is 1. The van der Waals surface area contributed by atoms with E-state index >= 15 is 0 Å². The van der Waals surface area contributed by atoms with E-state index in [2.05, 4.69) is 33.6 Å². The highest BCUT2D eigenvalue weighted by molar-refractivity contribution is 7.99. The third kappa shape index (κ3) is 6.23. The normalized spacial score (nSPS) is 11.0. The number of H-pyrrole nitrogens is 1. The largest absolute Gasteiger partial charge is 0.361 e. The van der Waals surface area contributed by atoms with E-state index in [1.807, 2.05) is 44.0 Å². The molecule has 0 fully saturated rings. The molecule has 2 aromatic heterocycles. The van der Waals surface area contributed by atoms with Gasteiger partial charge in [0.05, 0.1) is 17.1 Å². The highest BCUT2D eigenvalue weighted by Gasteiger charge is 2.12. The van der Waals surface area contributed by atoms with Crippen molar-refractivity contribution in [1.82, 2.24) is 20.3 Å². The lowest BCUT2D eigenvalue weighted by Crippen LogP contribution is -2.29. The highest BCUT2D eigenvalue weighted by atomic mass is 32.2. The molecule has 0 atom stereocenters. The Morgan fingerprint density at radius 1 is 1.17 bits per heavy atom. The molecule has 2 heterocycles. The maximum Gasteiger partial charge on any atom is 0.232 e. The summed E-state index contributed by atoms with van der Waals surface area (Å²) < 4.78 is 5.17. The zero-order valence-electron chi connectivity index (χ0n) is 18.0. The maximum atomic E-state index is 12.3. The summed E-state index contributed by atoms with van der Waals surface area (Å²) in [6, 6.07) is 12.3. The predicted octanol–water partition coefficient (Wildman–Crippen LogP) is 4.79. The SMILES string of the molecule is Cc1noc(C)c1CSCC(=O)N(C)CCCCCc1cc(-c2ccccc2)n[nH]1. The summed E-state index contributed by atoms with van der Waals surface area (Å²) in [6.45, 7) is 4.64. The van der Waals surface area contributed by atoms with Crippen LogP contribution in [-0.4, -0.2) is 45.5 Å². The minimum absolute atomic E-state index is 0.174. The van der Waals surface area contributed by atoms with Gasteiger partial charge in [0.25, 0.3) is 0 Å². The van der Waals surface area contributed by atoms with Crippen molar-refractivity contribution in [2.24, 2.45) is 0 Å². The van der Waals surface area contributed by atoms with E-state index in [-0.39, 0.29) is 5.91 Å². The summed E-state index contributed by atoms with van der Waals surface area (Å²) in [6.07, 6.45) is 4.16. The number of thioether (sulfide) groups is 1. The van der Waals surface area contributed by atoms with Gasteiger partial charge in [0, 0.05) is 36.2 Å². The first-order chi connectivity index (χ1) is 14.5. The van der Waals surface area contributed by atoms with Crippen LogP contribution in [0.5, 0.6) is 0 Å². The van der Waals surface area contributed by atoms with Crippen LogP contribution >= 0.6 is 11.8 Å². The first-order valence-electron chi connectivity index (χ1n) is 10.4. The minimum atomic E-state index is 0.174. The number of carbonyl (C=O) groups is 1. The average Bonchev–Trinajstić information content (AvgIpc) is 3.35. The molecule has 30 heavy (non-hydrogen) atoms. The molecule has 3 aromatic rings. The van der Waals surface area contributed by atoms with E-state index in [9.17, 15) is 4.79 Å². The van der Waals surface area contributed by atoms with Crippen LogP contribution in [-0.2, 0) is 17.0 Å². The zero-order valence-corrected chi connectivity index (χ0v) is 18.8. The van der Waals surface area contributed by atoms with Gasteiger partial charge in [-0.3, -0.25) is 9.89 Å². The summed E-state index contributed by atoms with van der Waals surface area (Å²) in [5.74, 6) is 2.26. The molecule has 0 aliphatic heterocycles. The van der Waals surface area contributed by atoms with Gasteiger partial charge in [0.15, 0.2) is 0 Å². The van der Waals surface area contributed by atoms with E-state index in [4.69, 9.17) is 4.52 Å². The van der Waals surface area contributed by atoms with Crippen molar-refractivity contribution in [2.45, 2.75) is 45.3 Å². The smallest absolute Gasteiger partial charge is 0.232 e. The van der Waals surface area contributed by atoms with Crippen LogP contribution in [0.4, 0.5) is 0 Å². The molecule has 0 spiro atoms. The molecular formula is C23H30N4O2S. The number of aromatic nitrogens is 3. The number of hydrogen-bond donors (Lipinski definition) is 1. The van der Waals surface area contributed by atoms with Crippen LogP contribution in [0, 0.1) is 13.8 Å². The Labute approximate surface area is 182 Å². The first kappa shape index (κ1) is 22.2. The molecule has 6 nitrogen and oxygen atoms in total. The van der Waals surface area contributed by atoms with Crippen LogP contribution in [0.25, 0.3) is 11.3 Å². The van der Waals surface area contributed by atoms with Crippen LogP contribution in [0.1, 0.15) is 42.0 Å². The lowest BCUT2D eigenvalue weighted by Gasteiger charge is -2.16. The summed E-state index contributed by atoms with van der Waals surface area (Å²) in [7, 11) is 1.89. The Morgan fingerprint density at radius 3 is 2.70 bits per heavy atom. The number of benzene rings is 1. The molecule has 160 valence electrons. The van der Waals surface area contributed by atoms with E-state index < -0.39 is 0 Å². The lowest BCUT2D eigenvalue weighted by molar-refractivity contribution is -0.127. The number of nitrogens with zero attached hydrogens (tertiary/aromatic N) is 3. The summed E-state index contributed by atoms with van der Waals surface area (Å²) in [5, 5.41) is 11.5. The van der Waals surface area contributed by atoms with Crippen molar-refractivity contribution in [3.63, 3.8) is 0 Å². The Hall–Kier alpha value is -2.54. The van der Waals surface area contributed by atoms with E-state index in [0.717, 1.165) is 71.9 Å². The summed E-state index contributed by atoms with van der Waals surface area (Å²) in [5.41, 5.74) is 5.30. The molecule has 1 aromatic carbocycles. The third-order valence-corrected chi connectivity index (χ3v) is 6.16. The third-order valence-electron chi connectivity index (χ3n) is 5.22. The van der Waals surface area contributed by atoms with Gasteiger partial charge in [-0.05, 0) is 39.2 Å². The highest BCUT2D eigenvalue weighted by Crippen LogP contribution is 2.20. The molecule has 0 bridgehead atoms.